The van der Waals surface area contributed by atoms with Crippen molar-refractivity contribution < 1.29 is 0 Å². The second-order valence-electron chi connectivity index (χ2n) is 4.12. The molecule has 0 aliphatic heterocycles. The molecule has 0 saturated heterocycles. The molecule has 0 bridgehead atoms. The van der Waals surface area contributed by atoms with Gasteiger partial charge < -0.3 is 5.32 Å². The molecule has 7 heteroatoms. The molecule has 0 fully saturated rings. The van der Waals surface area contributed by atoms with Crippen LogP contribution in [0.1, 0.15) is 18.5 Å². The molecular weight excluding hydrogens is 264 g/mol. The summed E-state index contributed by atoms with van der Waals surface area (Å²) in [5.74, 6) is 0.660. The zero-order chi connectivity index (χ0) is 13.2. The maximum Gasteiger partial charge on any atom is 0.226 e. The fraction of sp³-hybridized carbons (Fsp3) is 0.167. The number of aromatic amines is 1. The highest BCUT2D eigenvalue weighted by Crippen LogP contribution is 2.24. The molecule has 0 radical (unpaired) electrons. The minimum Gasteiger partial charge on any atom is -0.363 e. The second kappa shape index (κ2) is 4.81. The molecule has 1 unspecified atom stereocenters. The number of pyridine rings is 1. The Morgan fingerprint density at radius 3 is 2.84 bits per heavy atom. The summed E-state index contributed by atoms with van der Waals surface area (Å²) in [4.78, 5) is 12.3. The Bertz CT molecular complexity index is 696. The molecule has 0 saturated carbocycles. The van der Waals surface area contributed by atoms with Gasteiger partial charge in [-0.25, -0.2) is 0 Å². The molecule has 1 atom stereocenters. The van der Waals surface area contributed by atoms with Crippen LogP contribution in [-0.2, 0) is 0 Å². The molecule has 3 heterocycles. The second-order valence-corrected chi connectivity index (χ2v) is 4.46. The van der Waals surface area contributed by atoms with E-state index in [-0.39, 0.29) is 11.3 Å². The van der Waals surface area contributed by atoms with E-state index in [1.54, 1.807) is 18.6 Å². The average Bonchev–Trinajstić information content (AvgIpc) is 2.88. The first kappa shape index (κ1) is 11.9. The van der Waals surface area contributed by atoms with E-state index in [1.165, 1.54) is 0 Å². The van der Waals surface area contributed by atoms with Crippen molar-refractivity contribution in [3.05, 3.63) is 41.6 Å². The molecule has 2 N–H and O–H groups in total. The van der Waals surface area contributed by atoms with Gasteiger partial charge >= 0.3 is 0 Å². The lowest BCUT2D eigenvalue weighted by atomic mass is 10.1. The molecule has 3 rings (SSSR count). The van der Waals surface area contributed by atoms with Crippen molar-refractivity contribution in [2.45, 2.75) is 13.0 Å². The zero-order valence-electron chi connectivity index (χ0n) is 10.1. The third kappa shape index (κ3) is 2.34. The number of rotatable bonds is 3. The SMILES string of the molecule is CC(Nc1nc(Cl)nc2[nH]ncc12)c1ccncc1. The van der Waals surface area contributed by atoms with Crippen molar-refractivity contribution in [3.63, 3.8) is 0 Å². The molecule has 0 amide bonds. The van der Waals surface area contributed by atoms with Crippen LogP contribution >= 0.6 is 11.6 Å². The van der Waals surface area contributed by atoms with Gasteiger partial charge in [-0.2, -0.15) is 15.1 Å². The molecule has 3 aromatic rings. The maximum absolute atomic E-state index is 5.89. The van der Waals surface area contributed by atoms with Crippen molar-refractivity contribution in [1.82, 2.24) is 25.1 Å². The van der Waals surface area contributed by atoms with Crippen LogP contribution in [0.2, 0.25) is 5.28 Å². The van der Waals surface area contributed by atoms with E-state index in [0.717, 1.165) is 10.9 Å². The molecule has 0 aromatic carbocycles. The van der Waals surface area contributed by atoms with Crippen LogP contribution < -0.4 is 5.32 Å². The van der Waals surface area contributed by atoms with Crippen LogP contribution in [0.25, 0.3) is 11.0 Å². The van der Waals surface area contributed by atoms with Gasteiger partial charge in [-0.1, -0.05) is 0 Å². The smallest absolute Gasteiger partial charge is 0.226 e. The lowest BCUT2D eigenvalue weighted by Crippen LogP contribution is -2.08. The maximum atomic E-state index is 5.89. The third-order valence-corrected chi connectivity index (χ3v) is 3.01. The predicted molar refractivity (Wildman–Crippen MR) is 73.0 cm³/mol. The number of hydrogen-bond acceptors (Lipinski definition) is 5. The highest BCUT2D eigenvalue weighted by molar-refractivity contribution is 6.28. The van der Waals surface area contributed by atoms with Crippen molar-refractivity contribution in [1.29, 1.82) is 0 Å². The van der Waals surface area contributed by atoms with Crippen LogP contribution in [0.4, 0.5) is 5.82 Å². The molecule has 6 nitrogen and oxygen atoms in total. The van der Waals surface area contributed by atoms with Gasteiger partial charge in [-0.05, 0) is 36.2 Å². The van der Waals surface area contributed by atoms with E-state index < -0.39 is 0 Å². The first-order valence-electron chi connectivity index (χ1n) is 5.77. The summed E-state index contributed by atoms with van der Waals surface area (Å²) in [5.41, 5.74) is 1.73. The quantitative estimate of drug-likeness (QED) is 0.718. The number of hydrogen-bond donors (Lipinski definition) is 2. The van der Waals surface area contributed by atoms with Gasteiger partial charge in [0.1, 0.15) is 5.82 Å². The summed E-state index contributed by atoms with van der Waals surface area (Å²) in [7, 11) is 0. The van der Waals surface area contributed by atoms with Gasteiger partial charge in [0.25, 0.3) is 0 Å². The minimum atomic E-state index is 0.0760. The van der Waals surface area contributed by atoms with Crippen molar-refractivity contribution in [3.8, 4) is 0 Å². The van der Waals surface area contributed by atoms with Gasteiger partial charge in [-0.3, -0.25) is 10.1 Å². The lowest BCUT2D eigenvalue weighted by Gasteiger charge is -2.15. The molecule has 96 valence electrons. The number of anilines is 1. The number of H-pyrrole nitrogens is 1. The highest BCUT2D eigenvalue weighted by Gasteiger charge is 2.12. The van der Waals surface area contributed by atoms with Crippen molar-refractivity contribution >= 4 is 28.5 Å². The van der Waals surface area contributed by atoms with E-state index in [0.29, 0.717) is 11.5 Å². The van der Waals surface area contributed by atoms with Gasteiger partial charge in [0.05, 0.1) is 17.6 Å². The first-order chi connectivity index (χ1) is 9.24. The summed E-state index contributed by atoms with van der Waals surface area (Å²) >= 11 is 5.89. The fourth-order valence-electron chi connectivity index (χ4n) is 1.86. The monoisotopic (exact) mass is 274 g/mol. The molecule has 19 heavy (non-hydrogen) atoms. The van der Waals surface area contributed by atoms with E-state index in [4.69, 9.17) is 11.6 Å². The number of aromatic nitrogens is 5. The molecular formula is C12H11ClN6. The number of nitrogens with one attached hydrogen (secondary N) is 2. The number of halogens is 1. The third-order valence-electron chi connectivity index (χ3n) is 2.84. The van der Waals surface area contributed by atoms with E-state index in [1.807, 2.05) is 19.1 Å². The van der Waals surface area contributed by atoms with Crippen molar-refractivity contribution in [2.75, 3.05) is 5.32 Å². The van der Waals surface area contributed by atoms with Crippen molar-refractivity contribution in [2.24, 2.45) is 0 Å². The number of nitrogens with zero attached hydrogens (tertiary/aromatic N) is 4. The van der Waals surface area contributed by atoms with E-state index in [9.17, 15) is 0 Å². The Kier molecular flexibility index (Phi) is 3.00. The topological polar surface area (TPSA) is 79.4 Å². The van der Waals surface area contributed by atoms with E-state index in [2.05, 4.69) is 30.5 Å². The van der Waals surface area contributed by atoms with Crippen LogP contribution in [-0.4, -0.2) is 25.1 Å². The first-order valence-corrected chi connectivity index (χ1v) is 6.15. The van der Waals surface area contributed by atoms with Gasteiger partial charge in [0.15, 0.2) is 5.65 Å². The Hall–Kier alpha value is -2.21. The summed E-state index contributed by atoms with van der Waals surface area (Å²) in [5, 5.41) is 11.0. The molecule has 0 aliphatic carbocycles. The van der Waals surface area contributed by atoms with Crippen LogP contribution in [0.15, 0.2) is 30.7 Å². The molecule has 0 aliphatic rings. The van der Waals surface area contributed by atoms with Gasteiger partial charge in [0, 0.05) is 12.4 Å². The highest BCUT2D eigenvalue weighted by atomic mass is 35.5. The summed E-state index contributed by atoms with van der Waals surface area (Å²) in [6.07, 6.45) is 5.19. The number of fused-ring (bicyclic) bond motifs is 1. The average molecular weight is 275 g/mol. The minimum absolute atomic E-state index is 0.0760. The molecule has 0 spiro atoms. The van der Waals surface area contributed by atoms with Gasteiger partial charge in [0.2, 0.25) is 5.28 Å². The predicted octanol–water partition coefficient (Wildman–Crippen LogP) is 2.57. The Morgan fingerprint density at radius 1 is 1.26 bits per heavy atom. The van der Waals surface area contributed by atoms with E-state index >= 15 is 0 Å². The Morgan fingerprint density at radius 2 is 2.05 bits per heavy atom. The molecule has 3 aromatic heterocycles. The van der Waals surface area contributed by atoms with Gasteiger partial charge in [-0.15, -0.1) is 0 Å². The summed E-state index contributed by atoms with van der Waals surface area (Å²) in [6.45, 7) is 2.04. The summed E-state index contributed by atoms with van der Waals surface area (Å²) < 4.78 is 0. The normalized spacial score (nSPS) is 12.5. The standard InChI is InChI=1S/C12H11ClN6/c1-7(8-2-4-14-5-3-8)16-10-9-6-15-19-11(9)18-12(13)17-10/h2-7H,1H3,(H2,15,16,17,18,19). The largest absolute Gasteiger partial charge is 0.363 e. The van der Waals surface area contributed by atoms with Crippen LogP contribution in [0, 0.1) is 0 Å². The Balaban J connectivity index is 1.95. The summed E-state index contributed by atoms with van der Waals surface area (Å²) in [6, 6.07) is 3.98. The fourth-order valence-corrected chi connectivity index (χ4v) is 2.03. The lowest BCUT2D eigenvalue weighted by molar-refractivity contribution is 0.872. The van der Waals surface area contributed by atoms with Crippen LogP contribution in [0.3, 0.4) is 0 Å². The zero-order valence-corrected chi connectivity index (χ0v) is 10.9. The van der Waals surface area contributed by atoms with Crippen LogP contribution in [0.5, 0.6) is 0 Å². The Labute approximate surface area is 114 Å².